The Bertz CT molecular complexity index is 1760. The molecule has 0 aliphatic carbocycles. The van der Waals surface area contributed by atoms with E-state index in [0.717, 1.165) is 5.39 Å². The van der Waals surface area contributed by atoms with E-state index in [-0.39, 0.29) is 23.7 Å². The molecule has 15 nitrogen and oxygen atoms in total. The summed E-state index contributed by atoms with van der Waals surface area (Å²) in [5.41, 5.74) is 5.65. The van der Waals surface area contributed by atoms with E-state index in [1.807, 2.05) is 26.8 Å². The van der Waals surface area contributed by atoms with E-state index in [2.05, 4.69) is 25.0 Å². The molecule has 0 radical (unpaired) electrons. The number of aliphatic hydroxyl groups is 2. The molecule has 16 heteroatoms. The van der Waals surface area contributed by atoms with Gasteiger partial charge in [0.05, 0.1) is 30.8 Å². The Morgan fingerprint density at radius 2 is 2.02 bits per heavy atom. The summed E-state index contributed by atoms with van der Waals surface area (Å²) >= 11 is 0. The lowest BCUT2D eigenvalue weighted by molar-refractivity contribution is -0.148. The van der Waals surface area contributed by atoms with Gasteiger partial charge in [0.1, 0.15) is 35.1 Å². The van der Waals surface area contributed by atoms with Gasteiger partial charge in [-0.15, -0.1) is 0 Å². The van der Waals surface area contributed by atoms with Crippen LogP contribution >= 0.6 is 7.75 Å². The number of nitrogen functional groups attached to an aromatic ring is 1. The number of anilines is 1. The number of imidazole rings is 1. The fraction of sp³-hybridized carbons (Fsp3) is 0.483. The quantitative estimate of drug-likeness (QED) is 0.145. The zero-order valence-electron chi connectivity index (χ0n) is 25.9. The Hall–Kier alpha value is -3.72. The monoisotopic (exact) mass is 643 g/mol. The molecule has 6 unspecified atom stereocenters. The lowest BCUT2D eigenvalue weighted by atomic mass is 9.96. The number of benzene rings is 1. The summed E-state index contributed by atoms with van der Waals surface area (Å²) in [7, 11) is -4.35. The van der Waals surface area contributed by atoms with Crippen LogP contribution in [-0.2, 0) is 23.4 Å². The van der Waals surface area contributed by atoms with E-state index in [0.29, 0.717) is 22.4 Å². The van der Waals surface area contributed by atoms with Gasteiger partial charge in [-0.3, -0.25) is 18.9 Å². The van der Waals surface area contributed by atoms with E-state index in [1.165, 1.54) is 24.7 Å². The molecule has 1 aliphatic rings. The number of ether oxygens (including phenoxy) is 2. The Morgan fingerprint density at radius 3 is 2.76 bits per heavy atom. The molecule has 0 spiro atoms. The molecule has 6 atom stereocenters. The van der Waals surface area contributed by atoms with Crippen LogP contribution in [0.15, 0.2) is 42.9 Å². The third-order valence-electron chi connectivity index (χ3n) is 7.18. The number of carbonyl (C=O) groups excluding carboxylic acids is 1. The Kier molecular flexibility index (Phi) is 8.88. The van der Waals surface area contributed by atoms with Crippen LogP contribution in [0.5, 0.6) is 5.75 Å². The molecular weight excluding hydrogens is 605 g/mol. The summed E-state index contributed by atoms with van der Waals surface area (Å²) in [5, 5.41) is 25.8. The van der Waals surface area contributed by atoms with Gasteiger partial charge in [0.15, 0.2) is 11.9 Å². The zero-order valence-corrected chi connectivity index (χ0v) is 26.8. The summed E-state index contributed by atoms with van der Waals surface area (Å²) in [4.78, 5) is 29.7. The predicted molar refractivity (Wildman–Crippen MR) is 164 cm³/mol. The predicted octanol–water partition coefficient (Wildman–Crippen LogP) is 3.05. The van der Waals surface area contributed by atoms with Crippen LogP contribution in [0.2, 0.25) is 0 Å². The average molecular weight is 644 g/mol. The van der Waals surface area contributed by atoms with Gasteiger partial charge in [-0.2, -0.15) is 10.1 Å². The molecule has 5 N–H and O–H groups in total. The molecular formula is C29H38N7O8P. The lowest BCUT2D eigenvalue weighted by Gasteiger charge is -2.27. The maximum atomic E-state index is 14.2. The molecule has 5 rings (SSSR count). The summed E-state index contributed by atoms with van der Waals surface area (Å²) in [6.45, 7) is 9.94. The zero-order chi connectivity index (χ0) is 32.7. The Balaban J connectivity index is 1.38. The van der Waals surface area contributed by atoms with Crippen LogP contribution in [0, 0.1) is 12.3 Å². The van der Waals surface area contributed by atoms with Crippen molar-refractivity contribution >= 4 is 41.7 Å². The number of rotatable bonds is 10. The number of nitrogens with one attached hydrogen (secondary N) is 1. The third kappa shape index (κ3) is 7.08. The second-order valence-corrected chi connectivity index (χ2v) is 14.1. The van der Waals surface area contributed by atoms with Crippen molar-refractivity contribution in [2.75, 3.05) is 18.9 Å². The van der Waals surface area contributed by atoms with E-state index in [1.54, 1.807) is 37.4 Å². The normalized spacial score (nSPS) is 24.0. The van der Waals surface area contributed by atoms with Gasteiger partial charge in [-0.05, 0) is 50.5 Å². The van der Waals surface area contributed by atoms with E-state index in [4.69, 9.17) is 24.3 Å². The minimum Gasteiger partial charge on any atom is -0.464 e. The summed E-state index contributed by atoms with van der Waals surface area (Å²) < 4.78 is 38.7. The standard InChI is InChI=1S/C29H38N7O8P/c1-16-22-24(34-27(30)33-16)36(15-32-22)26-29(6,39)23(37)21(43-26)13-42-45(40,35-17(2)25(38)41-14-28(3,4)5)44-19-9-10-20-18(12-19)8-7-11-31-20/h7-12,15,17,21,23,26,37,39H,13-14H2,1-6H3,(H,35,40)(H2,30,33,34). The number of hydrogen-bond donors (Lipinski definition) is 4. The number of aliphatic hydroxyl groups excluding tert-OH is 1. The van der Waals surface area contributed by atoms with E-state index < -0.39 is 50.4 Å². The molecule has 3 aromatic heterocycles. The number of esters is 1. The molecule has 0 saturated carbocycles. The molecule has 1 aliphatic heterocycles. The van der Waals surface area contributed by atoms with Crippen LogP contribution < -0.4 is 15.3 Å². The second-order valence-electron chi connectivity index (χ2n) is 12.5. The average Bonchev–Trinajstić information content (AvgIpc) is 3.47. The van der Waals surface area contributed by atoms with Crippen molar-refractivity contribution in [3.8, 4) is 5.75 Å². The van der Waals surface area contributed by atoms with Crippen molar-refractivity contribution < 1.29 is 38.1 Å². The van der Waals surface area contributed by atoms with Gasteiger partial charge in [-0.1, -0.05) is 26.8 Å². The highest BCUT2D eigenvalue weighted by Crippen LogP contribution is 2.47. The van der Waals surface area contributed by atoms with E-state index in [9.17, 15) is 19.6 Å². The highest BCUT2D eigenvalue weighted by atomic mass is 31.2. The molecule has 1 aromatic carbocycles. The van der Waals surface area contributed by atoms with Gasteiger partial charge in [0.25, 0.3) is 0 Å². The first-order valence-electron chi connectivity index (χ1n) is 14.3. The molecule has 1 fully saturated rings. The molecule has 1 saturated heterocycles. The lowest BCUT2D eigenvalue weighted by Crippen LogP contribution is -2.44. The van der Waals surface area contributed by atoms with Gasteiger partial charge in [0.2, 0.25) is 5.95 Å². The third-order valence-corrected chi connectivity index (χ3v) is 8.83. The van der Waals surface area contributed by atoms with Gasteiger partial charge >= 0.3 is 13.7 Å². The number of hydrogen-bond acceptors (Lipinski definition) is 13. The highest BCUT2D eigenvalue weighted by Gasteiger charge is 2.54. The fourth-order valence-electron chi connectivity index (χ4n) is 4.84. The van der Waals surface area contributed by atoms with Gasteiger partial charge in [0, 0.05) is 11.6 Å². The second kappa shape index (κ2) is 12.2. The first kappa shape index (κ1) is 32.7. The minimum absolute atomic E-state index is 0.00333. The summed E-state index contributed by atoms with van der Waals surface area (Å²) in [5.74, 6) is -0.482. The number of pyridine rings is 1. The van der Waals surface area contributed by atoms with Crippen molar-refractivity contribution in [1.29, 1.82) is 0 Å². The molecule has 242 valence electrons. The maximum absolute atomic E-state index is 14.2. The van der Waals surface area contributed by atoms with Crippen molar-refractivity contribution in [2.45, 2.75) is 71.6 Å². The van der Waals surface area contributed by atoms with Crippen molar-refractivity contribution in [2.24, 2.45) is 5.41 Å². The largest absolute Gasteiger partial charge is 0.464 e. The van der Waals surface area contributed by atoms with Crippen LogP contribution in [0.1, 0.15) is 46.5 Å². The minimum atomic E-state index is -4.35. The van der Waals surface area contributed by atoms with Crippen molar-refractivity contribution in [3.63, 3.8) is 0 Å². The molecule has 45 heavy (non-hydrogen) atoms. The molecule has 0 amide bonds. The number of nitrogens with two attached hydrogens (primary N) is 1. The van der Waals surface area contributed by atoms with Crippen LogP contribution in [0.25, 0.3) is 22.1 Å². The number of fused-ring (bicyclic) bond motifs is 2. The first-order chi connectivity index (χ1) is 21.1. The molecule has 4 aromatic rings. The SMILES string of the molecule is Cc1nc(N)nc2c1ncn2C1OC(COP(=O)(NC(C)C(=O)OCC(C)(C)C)Oc2ccc3ncccc3c2)C(O)C1(C)O. The summed E-state index contributed by atoms with van der Waals surface area (Å²) in [6, 6.07) is 7.35. The summed E-state index contributed by atoms with van der Waals surface area (Å²) in [6.07, 6.45) is -0.823. The molecule has 4 heterocycles. The molecule has 0 bridgehead atoms. The van der Waals surface area contributed by atoms with Crippen LogP contribution in [-0.4, -0.2) is 77.7 Å². The van der Waals surface area contributed by atoms with Gasteiger partial charge in [-0.25, -0.2) is 14.5 Å². The Labute approximate surface area is 259 Å². The van der Waals surface area contributed by atoms with Crippen LogP contribution in [0.3, 0.4) is 0 Å². The smallest absolute Gasteiger partial charge is 0.459 e. The van der Waals surface area contributed by atoms with Crippen LogP contribution in [0.4, 0.5) is 5.95 Å². The first-order valence-corrected chi connectivity index (χ1v) is 15.9. The topological polar surface area (TPSA) is 206 Å². The number of nitrogens with zero attached hydrogens (tertiary/aromatic N) is 5. The fourth-order valence-corrected chi connectivity index (χ4v) is 6.34. The van der Waals surface area contributed by atoms with Crippen molar-refractivity contribution in [1.82, 2.24) is 29.6 Å². The number of aromatic nitrogens is 5. The van der Waals surface area contributed by atoms with Gasteiger partial charge < -0.3 is 29.9 Å². The number of aryl methyl sites for hydroxylation is 1. The Morgan fingerprint density at radius 1 is 1.27 bits per heavy atom. The van der Waals surface area contributed by atoms with E-state index >= 15 is 0 Å². The van der Waals surface area contributed by atoms with Crippen molar-refractivity contribution in [3.05, 3.63) is 48.5 Å². The maximum Gasteiger partial charge on any atom is 0.459 e. The highest BCUT2D eigenvalue weighted by molar-refractivity contribution is 7.52. The number of carbonyl (C=O) groups is 1.